The van der Waals surface area contributed by atoms with Crippen LogP contribution in [-0.2, 0) is 9.59 Å². The highest BCUT2D eigenvalue weighted by Gasteiger charge is 2.48. The number of benzene rings is 3. The third-order valence-electron chi connectivity index (χ3n) is 5.61. The van der Waals surface area contributed by atoms with E-state index in [1.807, 2.05) is 37.3 Å². The Balaban J connectivity index is 1.69. The van der Waals surface area contributed by atoms with Crippen LogP contribution in [0.4, 0.5) is 9.52 Å². The number of aromatic nitrogens is 1. The van der Waals surface area contributed by atoms with E-state index in [4.69, 9.17) is 4.74 Å². The van der Waals surface area contributed by atoms with Crippen molar-refractivity contribution in [1.82, 2.24) is 4.98 Å². The first-order valence-electron chi connectivity index (χ1n) is 10.7. The summed E-state index contributed by atoms with van der Waals surface area (Å²) in [6.45, 7) is 2.41. The monoisotopic (exact) mass is 600 g/mol. The van der Waals surface area contributed by atoms with Gasteiger partial charge in [0, 0.05) is 9.13 Å². The van der Waals surface area contributed by atoms with Crippen LogP contribution in [0.3, 0.4) is 0 Å². The zero-order chi connectivity index (χ0) is 24.7. The number of ketones is 1. The van der Waals surface area contributed by atoms with Gasteiger partial charge in [0.15, 0.2) is 5.13 Å². The molecule has 1 fully saturated rings. The number of amides is 1. The fraction of sp³-hybridized carbons (Fsp3) is 0.115. The second-order valence-electron chi connectivity index (χ2n) is 7.79. The molecule has 0 aliphatic carbocycles. The molecule has 1 amide bonds. The van der Waals surface area contributed by atoms with E-state index in [1.165, 1.54) is 40.5 Å². The van der Waals surface area contributed by atoms with E-state index in [1.54, 1.807) is 12.1 Å². The zero-order valence-corrected chi connectivity index (χ0v) is 21.3. The van der Waals surface area contributed by atoms with Crippen molar-refractivity contribution in [3.8, 4) is 5.75 Å². The van der Waals surface area contributed by atoms with Gasteiger partial charge >= 0.3 is 5.91 Å². The van der Waals surface area contributed by atoms with Crippen molar-refractivity contribution in [3.05, 3.63) is 92.8 Å². The number of halogens is 2. The minimum absolute atomic E-state index is 0.0722. The van der Waals surface area contributed by atoms with Crippen molar-refractivity contribution in [1.29, 1.82) is 0 Å². The molecule has 1 aliphatic rings. The quantitative estimate of drug-likeness (QED) is 0.130. The summed E-state index contributed by atoms with van der Waals surface area (Å²) in [5.74, 6) is -1.78. The third-order valence-corrected chi connectivity index (χ3v) is 7.35. The number of rotatable bonds is 5. The third kappa shape index (κ3) is 4.30. The molecule has 35 heavy (non-hydrogen) atoms. The summed E-state index contributed by atoms with van der Waals surface area (Å²) in [5.41, 5.74) is 1.47. The molecular formula is C26H18FIN2O4S. The molecule has 6 nitrogen and oxygen atoms in total. The molecule has 1 aliphatic heterocycles. The number of carbonyl (C=O) groups excluding carboxylic acids is 2. The lowest BCUT2D eigenvalue weighted by Crippen LogP contribution is -2.29. The Morgan fingerprint density at radius 3 is 2.51 bits per heavy atom. The van der Waals surface area contributed by atoms with Crippen molar-refractivity contribution in [2.75, 3.05) is 11.5 Å². The second-order valence-corrected chi connectivity index (χ2v) is 10.0. The van der Waals surface area contributed by atoms with E-state index >= 15 is 0 Å². The molecule has 0 saturated carbocycles. The molecule has 3 aromatic carbocycles. The Morgan fingerprint density at radius 1 is 1.11 bits per heavy atom. The Labute approximate surface area is 217 Å². The average Bonchev–Trinajstić information content (AvgIpc) is 3.38. The van der Waals surface area contributed by atoms with Crippen LogP contribution < -0.4 is 9.64 Å². The van der Waals surface area contributed by atoms with Gasteiger partial charge < -0.3 is 9.84 Å². The highest BCUT2D eigenvalue weighted by Crippen LogP contribution is 2.44. The number of aliphatic hydroxyl groups excluding tert-OH is 1. The number of hydrogen-bond acceptors (Lipinski definition) is 6. The SMILES string of the molecule is CCOc1ccc2nc(N3C(=O)C(=O)C(=C(O)c4ccc(F)cc4)C3c3ccc(I)cc3)sc2c1. The number of aliphatic hydroxyl groups is 1. The number of fused-ring (bicyclic) bond motifs is 1. The number of anilines is 1. The Hall–Kier alpha value is -3.31. The lowest BCUT2D eigenvalue weighted by atomic mass is 9.95. The molecule has 2 heterocycles. The van der Waals surface area contributed by atoms with Crippen LogP contribution >= 0.6 is 33.9 Å². The zero-order valence-electron chi connectivity index (χ0n) is 18.4. The molecule has 0 spiro atoms. The van der Waals surface area contributed by atoms with Gasteiger partial charge in [-0.1, -0.05) is 23.5 Å². The van der Waals surface area contributed by atoms with Gasteiger partial charge in [-0.25, -0.2) is 9.37 Å². The Morgan fingerprint density at radius 2 is 1.83 bits per heavy atom. The van der Waals surface area contributed by atoms with Crippen molar-refractivity contribution in [3.63, 3.8) is 0 Å². The molecule has 0 bridgehead atoms. The highest BCUT2D eigenvalue weighted by atomic mass is 127. The number of thiazole rings is 1. The maximum Gasteiger partial charge on any atom is 0.301 e. The van der Waals surface area contributed by atoms with Crippen molar-refractivity contribution < 1.29 is 23.8 Å². The van der Waals surface area contributed by atoms with Gasteiger partial charge in [0.25, 0.3) is 5.78 Å². The first-order chi connectivity index (χ1) is 16.9. The van der Waals surface area contributed by atoms with Crippen molar-refractivity contribution in [2.45, 2.75) is 13.0 Å². The minimum Gasteiger partial charge on any atom is -0.507 e. The average molecular weight is 600 g/mol. The van der Waals surface area contributed by atoms with Crippen LogP contribution in [0.5, 0.6) is 5.75 Å². The lowest BCUT2D eigenvalue weighted by Gasteiger charge is -2.23. The molecule has 1 aromatic heterocycles. The van der Waals surface area contributed by atoms with E-state index < -0.39 is 23.5 Å². The Kier molecular flexibility index (Phi) is 6.28. The second kappa shape index (κ2) is 9.38. The summed E-state index contributed by atoms with van der Waals surface area (Å²) in [6.07, 6.45) is 0. The normalized spacial score (nSPS) is 17.3. The Bertz CT molecular complexity index is 1480. The van der Waals surface area contributed by atoms with Crippen LogP contribution in [0, 0.1) is 9.39 Å². The highest BCUT2D eigenvalue weighted by molar-refractivity contribution is 14.1. The fourth-order valence-electron chi connectivity index (χ4n) is 4.01. The van der Waals surface area contributed by atoms with Crippen LogP contribution in [-0.4, -0.2) is 28.4 Å². The first kappa shape index (κ1) is 23.4. The number of Topliss-reactive ketones (excluding diaryl/α,β-unsaturated/α-hetero) is 1. The predicted octanol–water partition coefficient (Wildman–Crippen LogP) is 6.07. The molecule has 9 heteroatoms. The molecular weight excluding hydrogens is 582 g/mol. The van der Waals surface area contributed by atoms with Gasteiger partial charge in [-0.05, 0) is 89.7 Å². The summed E-state index contributed by atoms with van der Waals surface area (Å²) in [5, 5.41) is 11.4. The summed E-state index contributed by atoms with van der Waals surface area (Å²) >= 11 is 3.43. The van der Waals surface area contributed by atoms with Gasteiger partial charge in [0.05, 0.1) is 28.4 Å². The molecule has 5 rings (SSSR count). The number of hydrogen-bond donors (Lipinski definition) is 1. The van der Waals surface area contributed by atoms with E-state index in [0.29, 0.717) is 28.6 Å². The lowest BCUT2D eigenvalue weighted by molar-refractivity contribution is -0.132. The molecule has 1 N–H and O–H groups in total. The van der Waals surface area contributed by atoms with Gasteiger partial charge in [-0.2, -0.15) is 0 Å². The molecule has 1 unspecified atom stereocenters. The van der Waals surface area contributed by atoms with Gasteiger partial charge in [-0.3, -0.25) is 14.5 Å². The topological polar surface area (TPSA) is 79.7 Å². The maximum atomic E-state index is 13.5. The van der Waals surface area contributed by atoms with E-state index in [9.17, 15) is 19.1 Å². The molecule has 4 aromatic rings. The van der Waals surface area contributed by atoms with Gasteiger partial charge in [0.2, 0.25) is 0 Å². The number of carbonyl (C=O) groups is 2. The number of ether oxygens (including phenoxy) is 1. The van der Waals surface area contributed by atoms with Gasteiger partial charge in [-0.15, -0.1) is 0 Å². The molecule has 1 atom stereocenters. The summed E-state index contributed by atoms with van der Waals surface area (Å²) in [7, 11) is 0. The smallest absolute Gasteiger partial charge is 0.301 e. The molecule has 176 valence electrons. The summed E-state index contributed by atoms with van der Waals surface area (Å²) in [6, 6.07) is 17.0. The maximum absolute atomic E-state index is 13.5. The molecule has 0 radical (unpaired) electrons. The summed E-state index contributed by atoms with van der Waals surface area (Å²) in [4.78, 5) is 32.5. The van der Waals surface area contributed by atoms with E-state index in [0.717, 1.165) is 8.27 Å². The molecule has 1 saturated heterocycles. The van der Waals surface area contributed by atoms with Crippen molar-refractivity contribution >= 4 is 66.7 Å². The van der Waals surface area contributed by atoms with E-state index in [-0.39, 0.29) is 16.9 Å². The number of nitrogens with zero attached hydrogens (tertiary/aromatic N) is 2. The van der Waals surface area contributed by atoms with Crippen LogP contribution in [0.1, 0.15) is 24.1 Å². The largest absolute Gasteiger partial charge is 0.507 e. The van der Waals surface area contributed by atoms with Crippen LogP contribution in [0.15, 0.2) is 72.3 Å². The van der Waals surface area contributed by atoms with Gasteiger partial charge in [0.1, 0.15) is 17.3 Å². The minimum atomic E-state index is -0.899. The summed E-state index contributed by atoms with van der Waals surface area (Å²) < 4.78 is 20.8. The van der Waals surface area contributed by atoms with Crippen LogP contribution in [0.2, 0.25) is 0 Å². The predicted molar refractivity (Wildman–Crippen MR) is 141 cm³/mol. The van der Waals surface area contributed by atoms with Crippen molar-refractivity contribution in [2.24, 2.45) is 0 Å². The van der Waals surface area contributed by atoms with E-state index in [2.05, 4.69) is 27.6 Å². The van der Waals surface area contributed by atoms with Crippen LogP contribution in [0.25, 0.3) is 16.0 Å². The standard InChI is InChI=1S/C26H18FIN2O4S/c1-2-34-18-11-12-19-20(13-18)35-26(29-19)30-22(14-5-9-17(28)10-6-14)21(24(32)25(30)33)23(31)15-3-7-16(27)8-4-15/h3-13,22,31H,2H2,1H3. The first-order valence-corrected chi connectivity index (χ1v) is 12.6. The fourth-order valence-corrected chi connectivity index (χ4v) is 5.39.